The minimum atomic E-state index is -0.162. The van der Waals surface area contributed by atoms with Gasteiger partial charge in [-0.3, -0.25) is 9.69 Å². The molecule has 2 aromatic carbocycles. The molecule has 0 spiro atoms. The van der Waals surface area contributed by atoms with E-state index < -0.39 is 0 Å². The summed E-state index contributed by atoms with van der Waals surface area (Å²) in [5, 5.41) is 4.23. The highest BCUT2D eigenvalue weighted by atomic mass is 32.1. The quantitative estimate of drug-likeness (QED) is 0.636. The Morgan fingerprint density at radius 3 is 2.83 bits per heavy atom. The maximum atomic E-state index is 12.8. The summed E-state index contributed by atoms with van der Waals surface area (Å²) in [4.78, 5) is 19.9. The first-order valence-corrected chi connectivity index (χ1v) is 11.0. The number of aromatic nitrogens is 1. The van der Waals surface area contributed by atoms with Crippen molar-refractivity contribution >= 4 is 27.5 Å². The van der Waals surface area contributed by atoms with E-state index in [1.54, 1.807) is 18.4 Å². The molecule has 1 aliphatic heterocycles. The molecule has 152 valence electrons. The van der Waals surface area contributed by atoms with Crippen molar-refractivity contribution in [3.05, 3.63) is 59.1 Å². The van der Waals surface area contributed by atoms with Crippen molar-refractivity contribution in [1.82, 2.24) is 15.2 Å². The number of benzene rings is 2. The van der Waals surface area contributed by atoms with Crippen LogP contribution in [0.1, 0.15) is 36.4 Å². The molecule has 4 rings (SSSR count). The highest BCUT2D eigenvalue weighted by Crippen LogP contribution is 2.37. The summed E-state index contributed by atoms with van der Waals surface area (Å²) in [5.41, 5.74) is 2.24. The van der Waals surface area contributed by atoms with E-state index in [-0.39, 0.29) is 18.0 Å². The van der Waals surface area contributed by atoms with E-state index in [4.69, 9.17) is 9.72 Å². The van der Waals surface area contributed by atoms with Gasteiger partial charge in [-0.15, -0.1) is 11.3 Å². The molecule has 0 radical (unpaired) electrons. The van der Waals surface area contributed by atoms with Crippen molar-refractivity contribution in [2.75, 3.05) is 20.2 Å². The number of likely N-dealkylation sites (tertiary alicyclic amines) is 1. The molecule has 2 atom stereocenters. The summed E-state index contributed by atoms with van der Waals surface area (Å²) in [5.74, 6) is 0.938. The molecule has 5 nitrogen and oxygen atoms in total. The van der Waals surface area contributed by atoms with Gasteiger partial charge in [0.1, 0.15) is 10.8 Å². The highest BCUT2D eigenvalue weighted by molar-refractivity contribution is 7.18. The number of ether oxygens (including phenoxy) is 1. The number of fused-ring (bicyclic) bond motifs is 1. The van der Waals surface area contributed by atoms with Crippen molar-refractivity contribution in [2.45, 2.75) is 38.3 Å². The van der Waals surface area contributed by atoms with Crippen LogP contribution in [0.5, 0.6) is 5.75 Å². The standard InChI is InChI=1S/C23H27N3O2S/c1-16(22(27)24-14-13-17-9-11-18(28-2)12-10-17)26-15-5-7-20(26)23-25-19-6-3-4-8-21(19)29-23/h3-4,6,8-12,16,20H,5,7,13-15H2,1-2H3,(H,24,27). The first-order valence-electron chi connectivity index (χ1n) is 10.2. The van der Waals surface area contributed by atoms with Crippen molar-refractivity contribution in [2.24, 2.45) is 0 Å². The fraction of sp³-hybridized carbons (Fsp3) is 0.391. The van der Waals surface area contributed by atoms with E-state index in [0.29, 0.717) is 6.54 Å². The first-order chi connectivity index (χ1) is 14.2. The number of nitrogens with zero attached hydrogens (tertiary/aromatic N) is 2. The van der Waals surface area contributed by atoms with Gasteiger partial charge in [-0.25, -0.2) is 4.98 Å². The third-order valence-electron chi connectivity index (χ3n) is 5.64. The Morgan fingerprint density at radius 2 is 2.07 bits per heavy atom. The SMILES string of the molecule is COc1ccc(CCNC(=O)C(C)N2CCCC2c2nc3ccccc3s2)cc1. The molecule has 1 fully saturated rings. The van der Waals surface area contributed by atoms with Gasteiger partial charge in [-0.2, -0.15) is 0 Å². The van der Waals surface area contributed by atoms with Crippen LogP contribution in [0.3, 0.4) is 0 Å². The molecule has 2 unspecified atom stereocenters. The molecule has 0 aliphatic carbocycles. The molecule has 0 bridgehead atoms. The van der Waals surface area contributed by atoms with Gasteiger partial charge >= 0.3 is 0 Å². The summed E-state index contributed by atoms with van der Waals surface area (Å²) in [6, 6.07) is 16.3. The minimum absolute atomic E-state index is 0.0894. The Balaban J connectivity index is 1.35. The van der Waals surface area contributed by atoms with Gasteiger partial charge < -0.3 is 10.1 Å². The number of nitrogens with one attached hydrogen (secondary N) is 1. The number of thiazole rings is 1. The predicted octanol–water partition coefficient (Wildman–Crippen LogP) is 4.19. The fourth-order valence-electron chi connectivity index (χ4n) is 3.97. The van der Waals surface area contributed by atoms with Crippen molar-refractivity contribution in [3.63, 3.8) is 0 Å². The van der Waals surface area contributed by atoms with Crippen LogP contribution in [-0.2, 0) is 11.2 Å². The maximum absolute atomic E-state index is 12.8. The van der Waals surface area contributed by atoms with E-state index in [1.165, 1.54) is 10.3 Å². The number of hydrogen-bond donors (Lipinski definition) is 1. The lowest BCUT2D eigenvalue weighted by molar-refractivity contribution is -0.126. The number of carbonyl (C=O) groups excluding carboxylic acids is 1. The van der Waals surface area contributed by atoms with Gasteiger partial charge in [0.2, 0.25) is 5.91 Å². The van der Waals surface area contributed by atoms with Crippen LogP contribution < -0.4 is 10.1 Å². The maximum Gasteiger partial charge on any atom is 0.237 e. The fourth-order valence-corrected chi connectivity index (χ4v) is 5.09. The zero-order valence-electron chi connectivity index (χ0n) is 16.9. The lowest BCUT2D eigenvalue weighted by atomic mass is 10.1. The van der Waals surface area contributed by atoms with Crippen molar-refractivity contribution < 1.29 is 9.53 Å². The topological polar surface area (TPSA) is 54.5 Å². The second-order valence-corrected chi connectivity index (χ2v) is 8.54. The van der Waals surface area contributed by atoms with Crippen LogP contribution in [-0.4, -0.2) is 42.0 Å². The summed E-state index contributed by atoms with van der Waals surface area (Å²) in [7, 11) is 1.66. The average Bonchev–Trinajstić information content (AvgIpc) is 3.40. The molecule has 1 N–H and O–H groups in total. The first kappa shape index (κ1) is 19.9. The van der Waals surface area contributed by atoms with E-state index in [2.05, 4.69) is 28.4 Å². The Labute approximate surface area is 175 Å². The van der Waals surface area contributed by atoms with Gasteiger partial charge in [0, 0.05) is 6.54 Å². The van der Waals surface area contributed by atoms with Gasteiger partial charge in [-0.1, -0.05) is 24.3 Å². The Hall–Kier alpha value is -2.44. The molecule has 3 aromatic rings. The molecule has 6 heteroatoms. The Bertz CT molecular complexity index is 937. The molecular formula is C23H27N3O2S. The van der Waals surface area contributed by atoms with E-state index >= 15 is 0 Å². The van der Waals surface area contributed by atoms with Crippen LogP contribution in [0.2, 0.25) is 0 Å². The number of carbonyl (C=O) groups is 1. The van der Waals surface area contributed by atoms with E-state index in [0.717, 1.165) is 42.1 Å². The lowest BCUT2D eigenvalue weighted by Gasteiger charge is -2.28. The van der Waals surface area contributed by atoms with Crippen molar-refractivity contribution in [3.8, 4) is 5.75 Å². The number of rotatable bonds is 7. The molecule has 1 saturated heterocycles. The molecule has 2 heterocycles. The van der Waals surface area contributed by atoms with Crippen LogP contribution >= 0.6 is 11.3 Å². The molecule has 29 heavy (non-hydrogen) atoms. The smallest absolute Gasteiger partial charge is 0.237 e. The molecule has 1 aliphatic rings. The predicted molar refractivity (Wildman–Crippen MR) is 117 cm³/mol. The minimum Gasteiger partial charge on any atom is -0.497 e. The van der Waals surface area contributed by atoms with Gasteiger partial charge in [0.05, 0.1) is 29.4 Å². The zero-order chi connectivity index (χ0) is 20.2. The molecular weight excluding hydrogens is 382 g/mol. The number of hydrogen-bond acceptors (Lipinski definition) is 5. The third-order valence-corrected chi connectivity index (χ3v) is 6.78. The number of para-hydroxylation sites is 1. The highest BCUT2D eigenvalue weighted by Gasteiger charge is 2.34. The average molecular weight is 410 g/mol. The van der Waals surface area contributed by atoms with Crippen molar-refractivity contribution in [1.29, 1.82) is 0 Å². The molecule has 0 saturated carbocycles. The number of amides is 1. The van der Waals surface area contributed by atoms with Gasteiger partial charge in [0.25, 0.3) is 0 Å². The van der Waals surface area contributed by atoms with Gasteiger partial charge in [-0.05, 0) is 62.6 Å². The second kappa shape index (κ2) is 8.93. The lowest BCUT2D eigenvalue weighted by Crippen LogP contribution is -2.45. The Kier molecular flexibility index (Phi) is 6.11. The van der Waals surface area contributed by atoms with Crippen LogP contribution in [0.15, 0.2) is 48.5 Å². The summed E-state index contributed by atoms with van der Waals surface area (Å²) < 4.78 is 6.40. The van der Waals surface area contributed by atoms with Crippen LogP contribution in [0.25, 0.3) is 10.2 Å². The Morgan fingerprint density at radius 1 is 1.28 bits per heavy atom. The summed E-state index contributed by atoms with van der Waals surface area (Å²) in [6.45, 7) is 3.58. The summed E-state index contributed by atoms with van der Waals surface area (Å²) in [6.07, 6.45) is 2.97. The van der Waals surface area contributed by atoms with Crippen LogP contribution in [0.4, 0.5) is 0 Å². The number of methoxy groups -OCH3 is 1. The van der Waals surface area contributed by atoms with Crippen LogP contribution in [0, 0.1) is 0 Å². The third kappa shape index (κ3) is 4.43. The van der Waals surface area contributed by atoms with Gasteiger partial charge in [0.15, 0.2) is 0 Å². The summed E-state index contributed by atoms with van der Waals surface area (Å²) >= 11 is 1.75. The molecule has 1 amide bonds. The monoisotopic (exact) mass is 409 g/mol. The normalized spacial score (nSPS) is 18.1. The van der Waals surface area contributed by atoms with E-state index in [9.17, 15) is 4.79 Å². The second-order valence-electron chi connectivity index (χ2n) is 7.48. The van der Waals surface area contributed by atoms with E-state index in [1.807, 2.05) is 37.3 Å². The largest absolute Gasteiger partial charge is 0.497 e. The molecule has 1 aromatic heterocycles. The zero-order valence-corrected chi connectivity index (χ0v) is 17.7.